The van der Waals surface area contributed by atoms with Crippen molar-refractivity contribution in [3.05, 3.63) is 54.1 Å². The lowest BCUT2D eigenvalue weighted by Gasteiger charge is -2.22. The number of carbonyl (C=O) groups excluding carboxylic acids is 1. The molecule has 31 heavy (non-hydrogen) atoms. The van der Waals surface area contributed by atoms with Gasteiger partial charge in [-0.05, 0) is 67.6 Å². The first-order valence-electron chi connectivity index (χ1n) is 11.1. The Morgan fingerprint density at radius 1 is 1.00 bits per heavy atom. The fourth-order valence-electron chi connectivity index (χ4n) is 3.70. The first-order valence-corrected chi connectivity index (χ1v) is 12.6. The van der Waals surface area contributed by atoms with Crippen LogP contribution in [0, 0.1) is 0 Å². The van der Waals surface area contributed by atoms with E-state index in [0.717, 1.165) is 50.6 Å². The summed E-state index contributed by atoms with van der Waals surface area (Å²) < 4.78 is 33.4. The van der Waals surface area contributed by atoms with E-state index in [1.165, 1.54) is 24.1 Å². The Morgan fingerprint density at radius 2 is 1.68 bits per heavy atom. The van der Waals surface area contributed by atoms with Crippen molar-refractivity contribution in [2.45, 2.75) is 69.2 Å². The maximum absolute atomic E-state index is 12.5. The summed E-state index contributed by atoms with van der Waals surface area (Å²) in [5.74, 6) is 0.179. The van der Waals surface area contributed by atoms with Crippen LogP contribution in [0.25, 0.3) is 0 Å². The number of ether oxygens (including phenoxy) is 1. The Balaban J connectivity index is 1.47. The zero-order chi connectivity index (χ0) is 22.1. The van der Waals surface area contributed by atoms with Gasteiger partial charge in [0.1, 0.15) is 5.75 Å². The van der Waals surface area contributed by atoms with Crippen LogP contribution in [-0.2, 0) is 21.2 Å². The zero-order valence-electron chi connectivity index (χ0n) is 18.1. The highest BCUT2D eigenvalue weighted by Gasteiger charge is 2.21. The number of benzene rings is 2. The molecule has 1 amide bonds. The third-order valence-corrected chi connectivity index (χ3v) is 7.02. The third kappa shape index (κ3) is 7.36. The third-order valence-electron chi connectivity index (χ3n) is 5.49. The van der Waals surface area contributed by atoms with Crippen LogP contribution in [0.3, 0.4) is 0 Å². The molecule has 1 aliphatic rings. The minimum absolute atomic E-state index is 0.0130. The standard InChI is InChI=1S/C24H32N2O4S/c1-2-3-7-19-10-12-20(13-11-19)25-24(27)18-30-22-14-16-23(17-15-22)31(28,29)26-21-8-5-4-6-9-21/h10-17,21,26H,2-9,18H2,1H3,(H,25,27). The van der Waals surface area contributed by atoms with Crippen molar-refractivity contribution >= 4 is 21.6 Å². The normalized spacial score (nSPS) is 14.9. The molecule has 0 atom stereocenters. The van der Waals surface area contributed by atoms with E-state index in [-0.39, 0.29) is 23.5 Å². The Bertz CT molecular complexity index is 935. The molecule has 1 fully saturated rings. The molecule has 0 radical (unpaired) electrons. The lowest BCUT2D eigenvalue weighted by Crippen LogP contribution is -2.36. The molecule has 1 saturated carbocycles. The van der Waals surface area contributed by atoms with Gasteiger partial charge in [0.15, 0.2) is 6.61 Å². The number of rotatable bonds is 10. The van der Waals surface area contributed by atoms with E-state index in [0.29, 0.717) is 5.75 Å². The zero-order valence-corrected chi connectivity index (χ0v) is 18.9. The number of amides is 1. The molecule has 0 saturated heterocycles. The smallest absolute Gasteiger partial charge is 0.262 e. The number of nitrogens with one attached hydrogen (secondary N) is 2. The van der Waals surface area contributed by atoms with Gasteiger partial charge in [0.25, 0.3) is 5.91 Å². The largest absolute Gasteiger partial charge is 0.484 e. The highest BCUT2D eigenvalue weighted by atomic mass is 32.2. The maximum Gasteiger partial charge on any atom is 0.262 e. The molecule has 2 aromatic rings. The van der Waals surface area contributed by atoms with Crippen LogP contribution in [0.2, 0.25) is 0 Å². The SMILES string of the molecule is CCCCc1ccc(NC(=O)COc2ccc(S(=O)(=O)NC3CCCCC3)cc2)cc1. The summed E-state index contributed by atoms with van der Waals surface area (Å²) in [5.41, 5.74) is 1.98. The van der Waals surface area contributed by atoms with E-state index in [9.17, 15) is 13.2 Å². The van der Waals surface area contributed by atoms with E-state index in [2.05, 4.69) is 17.0 Å². The number of hydrogen-bond acceptors (Lipinski definition) is 4. The van der Waals surface area contributed by atoms with Gasteiger partial charge >= 0.3 is 0 Å². The molecule has 0 aromatic heterocycles. The lowest BCUT2D eigenvalue weighted by molar-refractivity contribution is -0.118. The molecule has 0 unspecified atom stereocenters. The summed E-state index contributed by atoms with van der Waals surface area (Å²) in [7, 11) is -3.54. The highest BCUT2D eigenvalue weighted by molar-refractivity contribution is 7.89. The predicted octanol–water partition coefficient (Wildman–Crippen LogP) is 4.66. The topological polar surface area (TPSA) is 84.5 Å². The van der Waals surface area contributed by atoms with Crippen molar-refractivity contribution in [2.75, 3.05) is 11.9 Å². The van der Waals surface area contributed by atoms with Crippen molar-refractivity contribution in [3.8, 4) is 5.75 Å². The van der Waals surface area contributed by atoms with Crippen molar-refractivity contribution in [2.24, 2.45) is 0 Å². The summed E-state index contributed by atoms with van der Waals surface area (Å²) in [6.45, 7) is 2.01. The number of carbonyl (C=O) groups is 1. The average Bonchev–Trinajstić information content (AvgIpc) is 2.78. The molecule has 1 aliphatic carbocycles. The quantitative estimate of drug-likeness (QED) is 0.558. The first-order chi connectivity index (χ1) is 15.0. The van der Waals surface area contributed by atoms with Gasteiger partial charge in [-0.1, -0.05) is 44.7 Å². The minimum Gasteiger partial charge on any atom is -0.484 e. The first kappa shape index (κ1) is 23.3. The second-order valence-corrected chi connectivity index (χ2v) is 9.78. The summed E-state index contributed by atoms with van der Waals surface area (Å²) in [4.78, 5) is 12.4. The molecular formula is C24H32N2O4S. The number of sulfonamides is 1. The maximum atomic E-state index is 12.5. The highest BCUT2D eigenvalue weighted by Crippen LogP contribution is 2.21. The van der Waals surface area contributed by atoms with E-state index in [1.54, 1.807) is 12.1 Å². The Morgan fingerprint density at radius 3 is 2.32 bits per heavy atom. The van der Waals surface area contributed by atoms with Gasteiger partial charge in [0, 0.05) is 11.7 Å². The van der Waals surface area contributed by atoms with Gasteiger partial charge in [-0.15, -0.1) is 0 Å². The minimum atomic E-state index is -3.54. The van der Waals surface area contributed by atoms with Gasteiger partial charge in [0.2, 0.25) is 10.0 Å². The monoisotopic (exact) mass is 444 g/mol. The van der Waals surface area contributed by atoms with Gasteiger partial charge in [-0.2, -0.15) is 0 Å². The van der Waals surface area contributed by atoms with Gasteiger partial charge in [-0.25, -0.2) is 13.1 Å². The summed E-state index contributed by atoms with van der Waals surface area (Å²) in [6.07, 6.45) is 8.40. The van der Waals surface area contributed by atoms with E-state index in [4.69, 9.17) is 4.74 Å². The summed E-state index contributed by atoms with van der Waals surface area (Å²) in [6, 6.07) is 14.0. The molecule has 2 aromatic carbocycles. The molecule has 2 N–H and O–H groups in total. The molecule has 6 nitrogen and oxygen atoms in total. The second kappa shape index (κ2) is 11.3. The molecular weight excluding hydrogens is 412 g/mol. The molecule has 0 spiro atoms. The number of hydrogen-bond donors (Lipinski definition) is 2. The Labute approximate surface area is 185 Å². The van der Waals surface area contributed by atoms with Gasteiger partial charge in [-0.3, -0.25) is 4.79 Å². The summed E-state index contributed by atoms with van der Waals surface area (Å²) in [5, 5.41) is 2.81. The van der Waals surface area contributed by atoms with E-state index >= 15 is 0 Å². The summed E-state index contributed by atoms with van der Waals surface area (Å²) >= 11 is 0. The van der Waals surface area contributed by atoms with Crippen LogP contribution in [0.1, 0.15) is 57.4 Å². The average molecular weight is 445 g/mol. The van der Waals surface area contributed by atoms with E-state index in [1.807, 2.05) is 24.3 Å². The molecule has 0 heterocycles. The number of aryl methyl sites for hydroxylation is 1. The van der Waals surface area contributed by atoms with E-state index < -0.39 is 10.0 Å². The van der Waals surface area contributed by atoms with Crippen LogP contribution in [0.5, 0.6) is 5.75 Å². The second-order valence-electron chi connectivity index (χ2n) is 8.06. The Kier molecular flexibility index (Phi) is 8.49. The van der Waals surface area contributed by atoms with Crippen LogP contribution in [0.15, 0.2) is 53.4 Å². The fraction of sp³-hybridized carbons (Fsp3) is 0.458. The molecule has 168 valence electrons. The fourth-order valence-corrected chi connectivity index (χ4v) is 5.01. The molecule has 0 aliphatic heterocycles. The molecule has 7 heteroatoms. The molecule has 3 rings (SSSR count). The van der Waals surface area contributed by atoms with Crippen molar-refractivity contribution in [1.29, 1.82) is 0 Å². The van der Waals surface area contributed by atoms with Gasteiger partial charge in [0.05, 0.1) is 4.90 Å². The lowest BCUT2D eigenvalue weighted by atomic mass is 9.96. The molecule has 0 bridgehead atoms. The predicted molar refractivity (Wildman–Crippen MR) is 123 cm³/mol. The van der Waals surface area contributed by atoms with Crippen molar-refractivity contribution in [1.82, 2.24) is 4.72 Å². The Hall–Kier alpha value is -2.38. The van der Waals surface area contributed by atoms with Crippen molar-refractivity contribution in [3.63, 3.8) is 0 Å². The van der Waals surface area contributed by atoms with Gasteiger partial charge < -0.3 is 10.1 Å². The van der Waals surface area contributed by atoms with Crippen LogP contribution < -0.4 is 14.8 Å². The van der Waals surface area contributed by atoms with Crippen LogP contribution >= 0.6 is 0 Å². The van der Waals surface area contributed by atoms with Crippen LogP contribution in [-0.4, -0.2) is 27.0 Å². The number of anilines is 1. The number of unbranched alkanes of at least 4 members (excludes halogenated alkanes) is 1. The van der Waals surface area contributed by atoms with Crippen molar-refractivity contribution < 1.29 is 17.9 Å². The van der Waals surface area contributed by atoms with Crippen LogP contribution in [0.4, 0.5) is 5.69 Å².